The van der Waals surface area contributed by atoms with Gasteiger partial charge in [-0.05, 0) is 28.3 Å². The van der Waals surface area contributed by atoms with E-state index in [-0.39, 0.29) is 12.0 Å². The van der Waals surface area contributed by atoms with Crippen molar-refractivity contribution in [2.24, 2.45) is 0 Å². The number of rotatable bonds is 4. The highest BCUT2D eigenvalue weighted by Gasteiger charge is 2.37. The number of fused-ring (bicyclic) bond motifs is 1. The van der Waals surface area contributed by atoms with Gasteiger partial charge in [0.05, 0.1) is 5.92 Å². The molecule has 1 nitrogen and oxygen atoms in total. The predicted octanol–water partition coefficient (Wildman–Crippen LogP) is 7.12. The van der Waals surface area contributed by atoms with Crippen LogP contribution in [0.5, 0.6) is 5.75 Å². The summed E-state index contributed by atoms with van der Waals surface area (Å²) in [6.45, 7) is 0. The quantitative estimate of drug-likeness (QED) is 0.345. The Morgan fingerprint density at radius 2 is 1.17 bits per heavy atom. The molecule has 0 spiro atoms. The van der Waals surface area contributed by atoms with Crippen LogP contribution >= 0.6 is 0 Å². The third-order valence-corrected chi connectivity index (χ3v) is 5.51. The summed E-state index contributed by atoms with van der Waals surface area (Å²) in [5, 5.41) is 0. The molecule has 0 amide bonds. The minimum absolute atomic E-state index is 0.0279. The Kier molecular flexibility index (Phi) is 4.72. The second-order valence-electron chi connectivity index (χ2n) is 7.34. The Morgan fingerprint density at radius 3 is 1.86 bits per heavy atom. The third kappa shape index (κ3) is 3.48. The number of benzene rings is 4. The van der Waals surface area contributed by atoms with Gasteiger partial charge in [-0.1, -0.05) is 115 Å². The standard InChI is InChI=1S/C28H22O/c1-4-11-21(12-5-1)19-20-23-17-10-18-25-26(23)27(22-13-6-2-7-14-22)28(29-25)24-15-8-3-9-16-24/h1-20,27-28H/b20-19+. The Bertz CT molecular complexity index is 1110. The molecule has 0 radical (unpaired) electrons. The maximum atomic E-state index is 6.52. The fourth-order valence-corrected chi connectivity index (χ4v) is 4.15. The van der Waals surface area contributed by atoms with E-state index < -0.39 is 0 Å². The lowest BCUT2D eigenvalue weighted by Gasteiger charge is -2.20. The molecule has 5 rings (SSSR count). The lowest BCUT2D eigenvalue weighted by Crippen LogP contribution is -2.11. The minimum Gasteiger partial charge on any atom is -0.484 e. The van der Waals surface area contributed by atoms with Crippen LogP contribution in [0.25, 0.3) is 12.2 Å². The Balaban J connectivity index is 1.62. The van der Waals surface area contributed by atoms with Crippen LogP contribution in [-0.2, 0) is 0 Å². The molecule has 2 atom stereocenters. The van der Waals surface area contributed by atoms with Crippen molar-refractivity contribution >= 4 is 12.2 Å². The van der Waals surface area contributed by atoms with E-state index in [2.05, 4.69) is 115 Å². The lowest BCUT2D eigenvalue weighted by molar-refractivity contribution is 0.222. The number of hydrogen-bond acceptors (Lipinski definition) is 1. The third-order valence-electron chi connectivity index (χ3n) is 5.51. The van der Waals surface area contributed by atoms with Crippen LogP contribution < -0.4 is 4.74 Å². The van der Waals surface area contributed by atoms with Crippen molar-refractivity contribution in [3.63, 3.8) is 0 Å². The topological polar surface area (TPSA) is 9.23 Å². The maximum absolute atomic E-state index is 6.52. The molecule has 1 aliphatic heterocycles. The Morgan fingerprint density at radius 1 is 0.552 bits per heavy atom. The van der Waals surface area contributed by atoms with Gasteiger partial charge in [0.25, 0.3) is 0 Å². The van der Waals surface area contributed by atoms with Crippen molar-refractivity contribution in [1.29, 1.82) is 0 Å². The first-order valence-electron chi connectivity index (χ1n) is 10.0. The van der Waals surface area contributed by atoms with Gasteiger partial charge in [-0.15, -0.1) is 0 Å². The zero-order chi connectivity index (χ0) is 19.5. The van der Waals surface area contributed by atoms with Crippen LogP contribution in [0.2, 0.25) is 0 Å². The first-order valence-corrected chi connectivity index (χ1v) is 10.0. The van der Waals surface area contributed by atoms with Gasteiger partial charge >= 0.3 is 0 Å². The summed E-state index contributed by atoms with van der Waals surface area (Å²) in [6, 6.07) is 38.0. The molecular weight excluding hydrogens is 352 g/mol. The molecule has 0 bridgehead atoms. The monoisotopic (exact) mass is 374 g/mol. The molecule has 1 aliphatic rings. The summed E-state index contributed by atoms with van der Waals surface area (Å²) in [6.07, 6.45) is 4.36. The largest absolute Gasteiger partial charge is 0.484 e. The van der Waals surface area contributed by atoms with Crippen LogP contribution in [0.1, 0.15) is 39.8 Å². The molecule has 29 heavy (non-hydrogen) atoms. The van der Waals surface area contributed by atoms with E-state index in [9.17, 15) is 0 Å². The van der Waals surface area contributed by atoms with Crippen molar-refractivity contribution < 1.29 is 4.74 Å². The average Bonchev–Trinajstić information content (AvgIpc) is 3.20. The predicted molar refractivity (Wildman–Crippen MR) is 120 cm³/mol. The first-order chi connectivity index (χ1) is 14.4. The molecule has 0 saturated carbocycles. The van der Waals surface area contributed by atoms with Crippen LogP contribution in [0.15, 0.2) is 109 Å². The van der Waals surface area contributed by atoms with Gasteiger partial charge in [0.1, 0.15) is 11.9 Å². The van der Waals surface area contributed by atoms with E-state index in [0.29, 0.717) is 0 Å². The maximum Gasteiger partial charge on any atom is 0.135 e. The van der Waals surface area contributed by atoms with E-state index >= 15 is 0 Å². The molecule has 0 N–H and O–H groups in total. The summed E-state index contributed by atoms with van der Waals surface area (Å²) in [7, 11) is 0. The fourth-order valence-electron chi connectivity index (χ4n) is 4.15. The summed E-state index contributed by atoms with van der Waals surface area (Å²) < 4.78 is 6.52. The van der Waals surface area contributed by atoms with Crippen molar-refractivity contribution in [2.75, 3.05) is 0 Å². The average molecular weight is 374 g/mol. The molecule has 0 saturated heterocycles. The molecule has 140 valence electrons. The van der Waals surface area contributed by atoms with Crippen LogP contribution in [-0.4, -0.2) is 0 Å². The summed E-state index contributed by atoms with van der Waals surface area (Å²) in [5.41, 5.74) is 6.15. The van der Waals surface area contributed by atoms with Gasteiger partial charge in [0, 0.05) is 5.56 Å². The highest BCUT2D eigenvalue weighted by atomic mass is 16.5. The fraction of sp³-hybridized carbons (Fsp3) is 0.0714. The number of hydrogen-bond donors (Lipinski definition) is 0. The van der Waals surface area contributed by atoms with Crippen LogP contribution in [0, 0.1) is 0 Å². The molecule has 0 aromatic heterocycles. The molecule has 1 heterocycles. The van der Waals surface area contributed by atoms with Crippen molar-refractivity contribution in [3.05, 3.63) is 137 Å². The van der Waals surface area contributed by atoms with Crippen LogP contribution in [0.3, 0.4) is 0 Å². The zero-order valence-electron chi connectivity index (χ0n) is 16.1. The smallest absolute Gasteiger partial charge is 0.135 e. The van der Waals surface area contributed by atoms with E-state index in [1.165, 1.54) is 27.8 Å². The molecular formula is C28H22O. The second-order valence-corrected chi connectivity index (χ2v) is 7.34. The van der Waals surface area contributed by atoms with Crippen LogP contribution in [0.4, 0.5) is 0 Å². The van der Waals surface area contributed by atoms with Gasteiger partial charge in [0.15, 0.2) is 0 Å². The zero-order valence-corrected chi connectivity index (χ0v) is 16.1. The van der Waals surface area contributed by atoms with Gasteiger partial charge in [-0.2, -0.15) is 0 Å². The molecule has 4 aromatic rings. The highest BCUT2D eigenvalue weighted by Crippen LogP contribution is 2.51. The molecule has 4 aromatic carbocycles. The summed E-state index contributed by atoms with van der Waals surface area (Å²) >= 11 is 0. The lowest BCUT2D eigenvalue weighted by atomic mass is 9.83. The van der Waals surface area contributed by atoms with E-state index in [1.54, 1.807) is 0 Å². The van der Waals surface area contributed by atoms with Gasteiger partial charge < -0.3 is 4.74 Å². The van der Waals surface area contributed by atoms with Crippen molar-refractivity contribution in [1.82, 2.24) is 0 Å². The Hall–Kier alpha value is -3.58. The second kappa shape index (κ2) is 7.81. The minimum atomic E-state index is -0.0279. The Labute approximate surface area is 171 Å². The van der Waals surface area contributed by atoms with E-state index in [1.807, 2.05) is 6.07 Å². The van der Waals surface area contributed by atoms with Gasteiger partial charge in [-0.25, -0.2) is 0 Å². The van der Waals surface area contributed by atoms with E-state index in [4.69, 9.17) is 4.74 Å². The number of ether oxygens (including phenoxy) is 1. The summed E-state index contributed by atoms with van der Waals surface area (Å²) in [5.74, 6) is 1.13. The highest BCUT2D eigenvalue weighted by molar-refractivity contribution is 5.74. The molecule has 2 unspecified atom stereocenters. The molecule has 1 heteroatoms. The molecule has 0 fully saturated rings. The first kappa shape index (κ1) is 17.5. The SMILES string of the molecule is C(=C\c1cccc2c1C(c1ccccc1)C(c1ccccc1)O2)/c1ccccc1. The molecule has 0 aliphatic carbocycles. The summed E-state index contributed by atoms with van der Waals surface area (Å²) in [4.78, 5) is 0. The van der Waals surface area contributed by atoms with Gasteiger partial charge in [-0.3, -0.25) is 0 Å². The van der Waals surface area contributed by atoms with Crippen molar-refractivity contribution in [3.8, 4) is 5.75 Å². The van der Waals surface area contributed by atoms with E-state index in [0.717, 1.165) is 5.75 Å². The normalized spacial score (nSPS) is 17.8. The van der Waals surface area contributed by atoms with Gasteiger partial charge in [0.2, 0.25) is 0 Å². The van der Waals surface area contributed by atoms with Crippen molar-refractivity contribution in [2.45, 2.75) is 12.0 Å².